The molecule has 1 amide bonds. The van der Waals surface area contributed by atoms with Crippen LogP contribution in [-0.4, -0.2) is 74.2 Å². The molecular weight excluding hydrogens is 491 g/mol. The number of piperidine rings is 1. The number of alkyl halides is 3. The van der Waals surface area contributed by atoms with Gasteiger partial charge in [-0.05, 0) is 44.4 Å². The lowest BCUT2D eigenvalue weighted by Gasteiger charge is -2.34. The van der Waals surface area contributed by atoms with Gasteiger partial charge in [0.2, 0.25) is 5.89 Å². The van der Waals surface area contributed by atoms with Crippen molar-refractivity contribution in [2.45, 2.75) is 48.3 Å². The van der Waals surface area contributed by atoms with Gasteiger partial charge in [-0.25, -0.2) is 8.42 Å². The minimum Gasteiger partial charge on any atom is -0.480 e. The average Bonchev–Trinajstić information content (AvgIpc) is 3.11. The summed E-state index contributed by atoms with van der Waals surface area (Å²) in [5, 5.41) is 4.15. The van der Waals surface area contributed by atoms with Crippen molar-refractivity contribution < 1.29 is 40.4 Å². The molecule has 2 aromatic rings. The molecule has 2 saturated heterocycles. The number of sulfone groups is 1. The highest BCUT2D eigenvalue weighted by Gasteiger charge is 2.65. The minimum atomic E-state index is -4.66. The summed E-state index contributed by atoms with van der Waals surface area (Å²) in [6.07, 6.45) is -5.14. The number of rotatable bonds is 6. The predicted octanol–water partition coefficient (Wildman–Crippen LogP) is 2.50. The van der Waals surface area contributed by atoms with E-state index in [9.17, 15) is 26.4 Å². The Labute approximate surface area is 199 Å². The highest BCUT2D eigenvalue weighted by atomic mass is 32.2. The minimum absolute atomic E-state index is 0.0684. The molecule has 3 aliphatic rings. The Balaban J connectivity index is 1.41. The van der Waals surface area contributed by atoms with Crippen molar-refractivity contribution >= 4 is 15.7 Å². The number of benzene rings is 1. The predicted molar refractivity (Wildman–Crippen MR) is 114 cm³/mol. The van der Waals surface area contributed by atoms with Crippen LogP contribution in [0.4, 0.5) is 13.2 Å². The SMILES string of the molecule is CC(Oc1ccc(S(C)(=O)=O)cc1C(=O)N1CC2C[C@]2(c2noc(C3(C)COC3)n2)C1)C(F)(F)F. The molecule has 3 heterocycles. The monoisotopic (exact) mass is 515 g/mol. The van der Waals surface area contributed by atoms with E-state index < -0.39 is 33.4 Å². The Kier molecular flexibility index (Phi) is 5.26. The van der Waals surface area contributed by atoms with Gasteiger partial charge in [0, 0.05) is 19.3 Å². The fraction of sp³-hybridized carbons (Fsp3) is 0.591. The van der Waals surface area contributed by atoms with Crippen LogP contribution in [0.3, 0.4) is 0 Å². The number of hydrogen-bond donors (Lipinski definition) is 0. The molecule has 0 bridgehead atoms. The molecule has 9 nitrogen and oxygen atoms in total. The number of ether oxygens (including phenoxy) is 2. The van der Waals surface area contributed by atoms with Crippen LogP contribution in [-0.2, 0) is 25.4 Å². The number of halogens is 3. The summed E-state index contributed by atoms with van der Waals surface area (Å²) >= 11 is 0. The highest BCUT2D eigenvalue weighted by molar-refractivity contribution is 7.90. The van der Waals surface area contributed by atoms with E-state index in [4.69, 9.17) is 14.0 Å². The molecule has 1 aromatic heterocycles. The molecule has 3 fully saturated rings. The first-order chi connectivity index (χ1) is 16.2. The number of carbonyl (C=O) groups is 1. The van der Waals surface area contributed by atoms with Gasteiger partial charge >= 0.3 is 6.18 Å². The van der Waals surface area contributed by atoms with E-state index in [1.807, 2.05) is 6.92 Å². The number of likely N-dealkylation sites (tertiary alicyclic amines) is 1. The van der Waals surface area contributed by atoms with Crippen LogP contribution in [0.2, 0.25) is 0 Å². The van der Waals surface area contributed by atoms with Gasteiger partial charge < -0.3 is 18.9 Å². The fourth-order valence-electron chi connectivity index (χ4n) is 4.62. The van der Waals surface area contributed by atoms with Gasteiger partial charge in [0.15, 0.2) is 21.8 Å². The molecule has 1 aromatic carbocycles. The van der Waals surface area contributed by atoms with Crippen LogP contribution in [0.25, 0.3) is 0 Å². The van der Waals surface area contributed by atoms with Crippen LogP contribution in [0, 0.1) is 5.92 Å². The lowest BCUT2D eigenvalue weighted by molar-refractivity contribution is -0.189. The number of aromatic nitrogens is 2. The van der Waals surface area contributed by atoms with Gasteiger partial charge in [0.05, 0.1) is 34.5 Å². The summed E-state index contributed by atoms with van der Waals surface area (Å²) in [5.41, 5.74) is -1.07. The third-order valence-corrected chi connectivity index (χ3v) is 8.15. The largest absolute Gasteiger partial charge is 0.480 e. The Hall–Kier alpha value is -2.67. The van der Waals surface area contributed by atoms with Crippen molar-refractivity contribution in [3.63, 3.8) is 0 Å². The van der Waals surface area contributed by atoms with Crippen molar-refractivity contribution in [1.29, 1.82) is 0 Å². The molecule has 2 aliphatic heterocycles. The maximum atomic E-state index is 13.4. The summed E-state index contributed by atoms with van der Waals surface area (Å²) in [6.45, 7) is 4.30. The molecular formula is C22H24F3N3O6S. The molecule has 190 valence electrons. The van der Waals surface area contributed by atoms with Gasteiger partial charge in [-0.2, -0.15) is 18.2 Å². The molecule has 2 unspecified atom stereocenters. The van der Waals surface area contributed by atoms with E-state index in [0.29, 0.717) is 31.5 Å². The maximum Gasteiger partial charge on any atom is 0.425 e. The van der Waals surface area contributed by atoms with Crippen molar-refractivity contribution in [2.75, 3.05) is 32.6 Å². The Bertz CT molecular complexity index is 1290. The quantitative estimate of drug-likeness (QED) is 0.577. The Morgan fingerprint density at radius 1 is 1.31 bits per heavy atom. The first kappa shape index (κ1) is 24.0. The normalized spacial score (nSPS) is 26.1. The molecule has 13 heteroatoms. The van der Waals surface area contributed by atoms with Crippen molar-refractivity contribution in [3.05, 3.63) is 35.5 Å². The number of carbonyl (C=O) groups excluding carboxylic acids is 1. The zero-order valence-corrected chi connectivity index (χ0v) is 20.1. The van der Waals surface area contributed by atoms with Crippen LogP contribution in [0.5, 0.6) is 5.75 Å². The van der Waals surface area contributed by atoms with Gasteiger partial charge in [-0.3, -0.25) is 4.79 Å². The lowest BCUT2D eigenvalue weighted by Crippen LogP contribution is -2.44. The number of fused-ring (bicyclic) bond motifs is 1. The zero-order chi connectivity index (χ0) is 25.4. The molecule has 0 radical (unpaired) electrons. The van der Waals surface area contributed by atoms with Crippen LogP contribution in [0.1, 0.15) is 42.3 Å². The first-order valence-electron chi connectivity index (χ1n) is 11.0. The number of amides is 1. The maximum absolute atomic E-state index is 13.4. The first-order valence-corrected chi connectivity index (χ1v) is 12.9. The summed E-state index contributed by atoms with van der Waals surface area (Å²) in [7, 11) is -3.71. The fourth-order valence-corrected chi connectivity index (χ4v) is 5.27. The Morgan fingerprint density at radius 2 is 2.03 bits per heavy atom. The van der Waals surface area contributed by atoms with Crippen LogP contribution < -0.4 is 4.74 Å². The second-order valence-corrected chi connectivity index (χ2v) is 12.0. The molecule has 1 aliphatic carbocycles. The molecule has 0 spiro atoms. The molecule has 3 atom stereocenters. The van der Waals surface area contributed by atoms with E-state index in [0.717, 1.165) is 37.8 Å². The number of nitrogens with zero attached hydrogens (tertiary/aromatic N) is 3. The van der Waals surface area contributed by atoms with E-state index in [1.54, 1.807) is 0 Å². The third-order valence-electron chi connectivity index (χ3n) is 7.04. The smallest absolute Gasteiger partial charge is 0.425 e. The topological polar surface area (TPSA) is 112 Å². The van der Waals surface area contributed by atoms with Gasteiger partial charge in [0.1, 0.15) is 5.75 Å². The van der Waals surface area contributed by atoms with E-state index >= 15 is 0 Å². The van der Waals surface area contributed by atoms with Crippen LogP contribution in [0.15, 0.2) is 27.6 Å². The van der Waals surface area contributed by atoms with Crippen molar-refractivity contribution in [2.24, 2.45) is 5.92 Å². The van der Waals surface area contributed by atoms with E-state index in [-0.39, 0.29) is 34.1 Å². The van der Waals surface area contributed by atoms with Gasteiger partial charge in [-0.15, -0.1) is 0 Å². The summed E-state index contributed by atoms with van der Waals surface area (Å²) in [4.78, 5) is 19.3. The third kappa shape index (κ3) is 4.07. The van der Waals surface area contributed by atoms with Crippen molar-refractivity contribution in [3.8, 4) is 5.75 Å². The van der Waals surface area contributed by atoms with Crippen LogP contribution >= 0.6 is 0 Å². The highest BCUT2D eigenvalue weighted by Crippen LogP contribution is 2.58. The van der Waals surface area contributed by atoms with Gasteiger partial charge in [-0.1, -0.05) is 5.16 Å². The summed E-state index contributed by atoms with van der Waals surface area (Å²) < 4.78 is 79.2. The molecule has 1 saturated carbocycles. The molecule has 5 rings (SSSR count). The number of hydrogen-bond acceptors (Lipinski definition) is 8. The van der Waals surface area contributed by atoms with E-state index in [1.165, 1.54) is 4.90 Å². The van der Waals surface area contributed by atoms with E-state index in [2.05, 4.69) is 10.1 Å². The summed E-state index contributed by atoms with van der Waals surface area (Å²) in [6, 6.07) is 3.28. The molecule has 0 N–H and O–H groups in total. The lowest BCUT2D eigenvalue weighted by atomic mass is 9.88. The second kappa shape index (κ2) is 7.66. The summed E-state index contributed by atoms with van der Waals surface area (Å²) in [5.74, 6) is 0.0873. The zero-order valence-electron chi connectivity index (χ0n) is 19.3. The second-order valence-electron chi connectivity index (χ2n) is 9.95. The Morgan fingerprint density at radius 3 is 2.63 bits per heavy atom. The van der Waals surface area contributed by atoms with Crippen molar-refractivity contribution in [1.82, 2.24) is 15.0 Å². The standard InChI is InChI=1S/C22H24F3N3O6S/c1-12(22(23,24)25)33-16-5-4-14(35(3,30)31)6-15(16)17(29)28-8-13-7-21(13,9-28)18-26-19(34-27-18)20(2)10-32-11-20/h4-6,12-13H,7-11H2,1-3H3/t12?,13?,21-/m0/s1. The van der Waals surface area contributed by atoms with Gasteiger partial charge in [0.25, 0.3) is 5.91 Å². The average molecular weight is 516 g/mol. The molecule has 35 heavy (non-hydrogen) atoms.